The standard InChI is InChI=1S/C52H79FN6O16/c1-27(2)46(73-44(65)25-40(62)45(51(69)70)33(8)50(67)68)48(71-10)41(63)24-39(61)32(7)38(60)15-11-30(5)47-31(6)18-20-52(75-47)19-17-29(4)42(74-52)16-12-28(3)34(9)58-72-26-43(64)55-21-22-56-49(66)35-13-14-36(53)37(23-35)57-59-54/h13-14,23,27-32,38,40-42,46-48,60,62-63H,11-12,15-22,24-26H2,1-10H3,(H,55,64)(H,56,66)(H,67,68)(H,69,70)/b45-33-,58-34-/t28-,29+,30+,31-,32-,38-,40+,41+,42-,46+,47-,48-,52+/m0/s1. The highest BCUT2D eigenvalue weighted by Crippen LogP contribution is 2.46. The number of halogens is 1. The van der Waals surface area contributed by atoms with Crippen molar-refractivity contribution in [2.75, 3.05) is 26.8 Å². The van der Waals surface area contributed by atoms with Crippen molar-refractivity contribution in [2.24, 2.45) is 45.8 Å². The summed E-state index contributed by atoms with van der Waals surface area (Å²) in [6.45, 7) is 15.9. The largest absolute Gasteiger partial charge is 0.478 e. The first-order valence-corrected chi connectivity index (χ1v) is 25.6. The Balaban J connectivity index is 1.48. The summed E-state index contributed by atoms with van der Waals surface area (Å²) in [4.78, 5) is 82.0. The van der Waals surface area contributed by atoms with Gasteiger partial charge in [-0.25, -0.2) is 14.0 Å². The van der Waals surface area contributed by atoms with Gasteiger partial charge in [0.25, 0.3) is 11.8 Å². The molecule has 3 rings (SSSR count). The van der Waals surface area contributed by atoms with Crippen molar-refractivity contribution < 1.29 is 82.5 Å². The Morgan fingerprint density at radius 1 is 0.880 bits per heavy atom. The van der Waals surface area contributed by atoms with Crippen LogP contribution in [-0.2, 0) is 47.8 Å². The first-order valence-electron chi connectivity index (χ1n) is 25.6. The number of methoxy groups -OCH3 is 1. The van der Waals surface area contributed by atoms with Gasteiger partial charge in [-0.15, -0.1) is 0 Å². The van der Waals surface area contributed by atoms with Crippen LogP contribution in [0.3, 0.4) is 0 Å². The molecule has 420 valence electrons. The Bertz CT molecular complexity index is 2240. The number of amides is 2. The van der Waals surface area contributed by atoms with Gasteiger partial charge in [0, 0.05) is 61.4 Å². The number of carboxylic acids is 2. The van der Waals surface area contributed by atoms with Crippen molar-refractivity contribution in [3.05, 3.63) is 51.2 Å². The monoisotopic (exact) mass is 1060 g/mol. The number of ketones is 1. The fraction of sp³-hybridized carbons (Fsp3) is 0.712. The van der Waals surface area contributed by atoms with Crippen molar-refractivity contribution >= 4 is 46.9 Å². The number of aliphatic carboxylic acids is 2. The highest BCUT2D eigenvalue weighted by atomic mass is 19.1. The molecule has 1 aromatic carbocycles. The molecule has 1 aromatic rings. The van der Waals surface area contributed by atoms with Crippen molar-refractivity contribution in [3.63, 3.8) is 0 Å². The average molecular weight is 1060 g/mol. The van der Waals surface area contributed by atoms with Crippen LogP contribution in [-0.4, -0.2) is 142 Å². The number of carbonyl (C=O) groups is 6. The number of esters is 1. The second-order valence-electron chi connectivity index (χ2n) is 20.5. The zero-order chi connectivity index (χ0) is 56.3. The Morgan fingerprint density at radius 3 is 2.15 bits per heavy atom. The fourth-order valence-corrected chi connectivity index (χ4v) is 9.42. The van der Waals surface area contributed by atoms with Gasteiger partial charge in [0.15, 0.2) is 12.4 Å². The molecule has 22 nitrogen and oxygen atoms in total. The highest BCUT2D eigenvalue weighted by molar-refractivity contribution is 5.99. The van der Waals surface area contributed by atoms with Crippen LogP contribution in [0.15, 0.2) is 39.6 Å². The van der Waals surface area contributed by atoms with E-state index in [2.05, 4.69) is 46.6 Å². The van der Waals surface area contributed by atoms with E-state index >= 15 is 0 Å². The normalized spacial score (nSPS) is 23.5. The minimum atomic E-state index is -2.00. The molecule has 0 radical (unpaired) electrons. The van der Waals surface area contributed by atoms with Gasteiger partial charge in [-0.1, -0.05) is 58.7 Å². The van der Waals surface area contributed by atoms with Crippen LogP contribution in [0.5, 0.6) is 0 Å². The van der Waals surface area contributed by atoms with Crippen molar-refractivity contribution in [1.82, 2.24) is 10.6 Å². The molecular formula is C52H79FN6O16. The number of oxime groups is 1. The summed E-state index contributed by atoms with van der Waals surface area (Å²) in [5.74, 6) is -8.23. The average Bonchev–Trinajstić information content (AvgIpc) is 3.35. The Morgan fingerprint density at radius 2 is 1.53 bits per heavy atom. The molecule has 0 unspecified atom stereocenters. The molecule has 2 saturated heterocycles. The smallest absolute Gasteiger partial charge is 0.334 e. The molecule has 0 aliphatic carbocycles. The van der Waals surface area contributed by atoms with Crippen LogP contribution >= 0.6 is 0 Å². The number of hydrogen-bond donors (Lipinski definition) is 7. The highest BCUT2D eigenvalue weighted by Gasteiger charge is 2.48. The summed E-state index contributed by atoms with van der Waals surface area (Å²) in [5.41, 5.74) is 7.53. The van der Waals surface area contributed by atoms with Gasteiger partial charge in [0.2, 0.25) is 0 Å². The second-order valence-corrected chi connectivity index (χ2v) is 20.5. The number of benzene rings is 1. The van der Waals surface area contributed by atoms with E-state index in [0.29, 0.717) is 12.1 Å². The first kappa shape index (κ1) is 63.7. The van der Waals surface area contributed by atoms with E-state index in [-0.39, 0.29) is 73.2 Å². The third kappa shape index (κ3) is 19.2. The van der Waals surface area contributed by atoms with E-state index in [4.69, 9.17) is 29.3 Å². The van der Waals surface area contributed by atoms with E-state index in [9.17, 15) is 58.7 Å². The Labute approximate surface area is 437 Å². The van der Waals surface area contributed by atoms with Gasteiger partial charge >= 0.3 is 17.9 Å². The lowest BCUT2D eigenvalue weighted by molar-refractivity contribution is -0.338. The summed E-state index contributed by atoms with van der Waals surface area (Å²) >= 11 is 0. The van der Waals surface area contributed by atoms with Crippen molar-refractivity contribution in [2.45, 2.75) is 175 Å². The SMILES string of the molecule is CO[C@@H]([C@H](O)CC(=O)[C@@H](C)[C@@H](O)CC[C@@H](C)[C@@H]1O[C@]2(CC[C@@H](C)[C@H](CC[C@H](C)/C(C)=N\OCC(=O)NCCNC(=O)c3ccc(F)c(N=[N+]=[N-])c3)O2)CC[C@@H]1C)[C@H](OC(=O)C[C@@H](O)/C(C(=O)O)=C(\C)C(=O)O)C(C)C. The number of ether oxygens (including phenoxy) is 4. The van der Waals surface area contributed by atoms with Crippen LogP contribution in [0, 0.1) is 41.3 Å². The maximum atomic E-state index is 13.7. The number of nitrogens with one attached hydrogen (secondary N) is 2. The maximum absolute atomic E-state index is 13.7. The molecule has 1 spiro atoms. The number of rotatable bonds is 30. The predicted molar refractivity (Wildman–Crippen MR) is 271 cm³/mol. The van der Waals surface area contributed by atoms with Gasteiger partial charge in [-0.2, -0.15) is 0 Å². The minimum absolute atomic E-state index is 0.00934. The minimum Gasteiger partial charge on any atom is -0.478 e. The van der Waals surface area contributed by atoms with E-state index < -0.39 is 113 Å². The molecule has 2 aliphatic rings. The third-order valence-electron chi connectivity index (χ3n) is 14.5. The van der Waals surface area contributed by atoms with E-state index in [1.165, 1.54) is 13.2 Å². The second kappa shape index (κ2) is 30.3. The fourth-order valence-electron chi connectivity index (χ4n) is 9.42. The van der Waals surface area contributed by atoms with Crippen LogP contribution in [0.25, 0.3) is 10.4 Å². The molecule has 0 aromatic heterocycles. The lowest BCUT2D eigenvalue weighted by Gasteiger charge is -2.51. The molecule has 0 bridgehead atoms. The van der Waals surface area contributed by atoms with Crippen molar-refractivity contribution in [1.29, 1.82) is 0 Å². The zero-order valence-corrected chi connectivity index (χ0v) is 44.8. The van der Waals surface area contributed by atoms with E-state index in [1.807, 2.05) is 13.8 Å². The summed E-state index contributed by atoms with van der Waals surface area (Å²) in [6.07, 6.45) is -2.97. The first-order chi connectivity index (χ1) is 35.3. The molecule has 2 aliphatic heterocycles. The Kier molecular flexibility index (Phi) is 25.7. The maximum Gasteiger partial charge on any atom is 0.334 e. The van der Waals surface area contributed by atoms with E-state index in [1.54, 1.807) is 20.8 Å². The third-order valence-corrected chi connectivity index (χ3v) is 14.5. The number of aliphatic hydroxyl groups excluding tert-OH is 3. The van der Waals surface area contributed by atoms with Crippen LogP contribution in [0.2, 0.25) is 0 Å². The van der Waals surface area contributed by atoms with Gasteiger partial charge in [0.05, 0.1) is 53.9 Å². The number of carboxylic acid groups (broad SMARTS) is 2. The zero-order valence-electron chi connectivity index (χ0n) is 44.8. The molecule has 7 N–H and O–H groups in total. The molecule has 2 heterocycles. The number of carbonyl (C=O) groups excluding carboxylic acids is 4. The topological polar surface area (TPSA) is 335 Å². The Hall–Kier alpha value is -5.55. The summed E-state index contributed by atoms with van der Waals surface area (Å²) < 4.78 is 38.5. The van der Waals surface area contributed by atoms with Gasteiger partial charge in [-0.3, -0.25) is 19.2 Å². The van der Waals surface area contributed by atoms with Crippen LogP contribution < -0.4 is 10.6 Å². The van der Waals surface area contributed by atoms with Gasteiger partial charge in [-0.05, 0) is 106 Å². The number of hydrogen-bond acceptors (Lipinski definition) is 16. The molecule has 23 heteroatoms. The molecule has 2 fully saturated rings. The summed E-state index contributed by atoms with van der Waals surface area (Å²) in [5, 5.41) is 64.2. The van der Waals surface area contributed by atoms with Crippen LogP contribution in [0.1, 0.15) is 137 Å². The lowest BCUT2D eigenvalue weighted by Crippen LogP contribution is -2.53. The van der Waals surface area contributed by atoms with Crippen molar-refractivity contribution in [3.8, 4) is 0 Å². The van der Waals surface area contributed by atoms with E-state index in [0.717, 1.165) is 57.6 Å². The predicted octanol–water partition coefficient (Wildman–Crippen LogP) is 6.30. The quantitative estimate of drug-likeness (QED) is 0.00649. The number of Topliss-reactive ketones (excluding diaryl/α,β-unsaturated/α-hetero) is 1. The lowest BCUT2D eigenvalue weighted by atomic mass is 9.79. The molecule has 13 atom stereocenters. The summed E-state index contributed by atoms with van der Waals surface area (Å²) in [6, 6.07) is 3.40. The molecule has 0 saturated carbocycles. The molecular weight excluding hydrogens is 984 g/mol. The number of nitrogens with zero attached hydrogens (tertiary/aromatic N) is 4. The molecule has 2 amide bonds. The van der Waals surface area contributed by atoms with Gasteiger partial charge in [0.1, 0.15) is 23.8 Å². The molecule has 75 heavy (non-hydrogen) atoms. The van der Waals surface area contributed by atoms with Gasteiger partial charge < -0.3 is 60.0 Å². The number of azide groups is 1. The van der Waals surface area contributed by atoms with Crippen LogP contribution in [0.4, 0.5) is 10.1 Å². The number of aliphatic hydroxyl groups is 3. The summed E-state index contributed by atoms with van der Waals surface area (Å²) in [7, 11) is 1.25.